The summed E-state index contributed by atoms with van der Waals surface area (Å²) in [4.78, 5) is 34.5. The number of esters is 1. The molecule has 0 aliphatic heterocycles. The van der Waals surface area contributed by atoms with Gasteiger partial charge in [0.05, 0.1) is 0 Å². The average Bonchev–Trinajstić information content (AvgIpc) is 2.60. The van der Waals surface area contributed by atoms with E-state index in [-0.39, 0.29) is 12.4 Å². The number of anilines is 1. The van der Waals surface area contributed by atoms with Crippen LogP contribution in [0.3, 0.4) is 0 Å². The average molecular weight is 453 g/mol. The number of carbonyl (C=O) groups excluding carboxylic acids is 3. The molecule has 0 radical (unpaired) electrons. The van der Waals surface area contributed by atoms with Crippen LogP contribution >= 0.6 is 22.6 Å². The minimum atomic E-state index is -0.659. The molecule has 0 aliphatic carbocycles. The van der Waals surface area contributed by atoms with E-state index < -0.39 is 18.5 Å². The fraction of sp³-hybridized carbons (Fsp3) is 0.167. The molecule has 1 amide bonds. The number of Topliss-reactive ketones (excluding diaryl/α,β-unsaturated/α-hetero) is 1. The smallest absolute Gasteiger partial charge is 0.344 e. The molecule has 2 aromatic rings. The molecule has 25 heavy (non-hydrogen) atoms. The summed E-state index contributed by atoms with van der Waals surface area (Å²) in [5.74, 6) is -0.704. The number of carbonyl (C=O) groups is 3. The van der Waals surface area contributed by atoms with Crippen molar-refractivity contribution in [2.24, 2.45) is 0 Å². The molecule has 0 fully saturated rings. The highest BCUT2D eigenvalue weighted by atomic mass is 127. The monoisotopic (exact) mass is 453 g/mol. The van der Waals surface area contributed by atoms with Gasteiger partial charge in [-0.25, -0.2) is 4.79 Å². The van der Waals surface area contributed by atoms with Crippen LogP contribution in [0.15, 0.2) is 48.5 Å². The van der Waals surface area contributed by atoms with Crippen LogP contribution in [0.2, 0.25) is 0 Å². The van der Waals surface area contributed by atoms with Crippen molar-refractivity contribution in [1.29, 1.82) is 0 Å². The lowest BCUT2D eigenvalue weighted by Gasteiger charge is -2.08. The first-order valence-corrected chi connectivity index (χ1v) is 8.47. The second-order valence-corrected chi connectivity index (χ2v) is 6.33. The molecule has 2 rings (SSSR count). The fourth-order valence-corrected chi connectivity index (χ4v) is 2.21. The van der Waals surface area contributed by atoms with Crippen molar-refractivity contribution in [3.05, 3.63) is 57.7 Å². The van der Waals surface area contributed by atoms with E-state index in [2.05, 4.69) is 27.9 Å². The van der Waals surface area contributed by atoms with Gasteiger partial charge in [-0.05, 0) is 78.0 Å². The molecule has 6 nitrogen and oxygen atoms in total. The van der Waals surface area contributed by atoms with Gasteiger partial charge in [0.15, 0.2) is 19.0 Å². The van der Waals surface area contributed by atoms with Crippen LogP contribution in [0.5, 0.6) is 5.75 Å². The largest absolute Gasteiger partial charge is 0.482 e. The molecule has 130 valence electrons. The lowest BCUT2D eigenvalue weighted by atomic mass is 10.1. The Balaban J connectivity index is 1.72. The minimum Gasteiger partial charge on any atom is -0.482 e. The molecule has 0 saturated heterocycles. The van der Waals surface area contributed by atoms with Crippen molar-refractivity contribution in [3.8, 4) is 5.75 Å². The summed E-state index contributed by atoms with van der Waals surface area (Å²) in [6.45, 7) is 0.752. The third-order valence-corrected chi connectivity index (χ3v) is 3.83. The topological polar surface area (TPSA) is 81.7 Å². The van der Waals surface area contributed by atoms with Crippen LogP contribution in [-0.2, 0) is 14.3 Å². The van der Waals surface area contributed by atoms with Gasteiger partial charge in [-0.3, -0.25) is 9.59 Å². The lowest BCUT2D eigenvalue weighted by Crippen LogP contribution is -2.23. The van der Waals surface area contributed by atoms with E-state index in [1.54, 1.807) is 36.4 Å². The lowest BCUT2D eigenvalue weighted by molar-refractivity contribution is -0.149. The van der Waals surface area contributed by atoms with E-state index >= 15 is 0 Å². The maximum atomic E-state index is 11.7. The standard InChI is InChI=1S/C18H16INO5/c1-12(21)13-2-8-16(9-3-13)24-11-18(23)25-10-17(22)20-15-6-4-14(19)5-7-15/h2-9H,10-11H2,1H3,(H,20,22). The summed E-state index contributed by atoms with van der Waals surface area (Å²) in [5, 5.41) is 2.62. The van der Waals surface area contributed by atoms with E-state index in [0.717, 1.165) is 3.57 Å². The first-order valence-electron chi connectivity index (χ1n) is 7.39. The number of nitrogens with one attached hydrogen (secondary N) is 1. The summed E-state index contributed by atoms with van der Waals surface area (Å²) < 4.78 is 11.2. The Morgan fingerprint density at radius 1 is 0.960 bits per heavy atom. The molecule has 0 aliphatic rings. The normalized spacial score (nSPS) is 10.0. The van der Waals surface area contributed by atoms with E-state index in [9.17, 15) is 14.4 Å². The van der Waals surface area contributed by atoms with Crippen molar-refractivity contribution in [2.45, 2.75) is 6.92 Å². The molecule has 0 atom stereocenters. The summed E-state index contributed by atoms with van der Waals surface area (Å²) >= 11 is 2.16. The van der Waals surface area contributed by atoms with Crippen molar-refractivity contribution < 1.29 is 23.9 Å². The number of amides is 1. The Labute approximate surface area is 158 Å². The SMILES string of the molecule is CC(=O)c1ccc(OCC(=O)OCC(=O)Nc2ccc(I)cc2)cc1. The molecular formula is C18H16INO5. The molecule has 0 aromatic heterocycles. The maximum Gasteiger partial charge on any atom is 0.344 e. The quantitative estimate of drug-likeness (QED) is 0.396. The number of rotatable bonds is 7. The Bertz CT molecular complexity index is 756. The van der Waals surface area contributed by atoms with Crippen molar-refractivity contribution >= 4 is 45.9 Å². The molecule has 7 heteroatoms. The van der Waals surface area contributed by atoms with Gasteiger partial charge < -0.3 is 14.8 Å². The molecule has 0 unspecified atom stereocenters. The van der Waals surface area contributed by atoms with Gasteiger partial charge in [0.1, 0.15) is 5.75 Å². The van der Waals surface area contributed by atoms with Gasteiger partial charge in [-0.15, -0.1) is 0 Å². The van der Waals surface area contributed by atoms with Crippen LogP contribution in [0.1, 0.15) is 17.3 Å². The van der Waals surface area contributed by atoms with E-state index in [4.69, 9.17) is 9.47 Å². The number of ketones is 1. The zero-order valence-electron chi connectivity index (χ0n) is 13.5. The molecule has 2 aromatic carbocycles. The number of ether oxygens (including phenoxy) is 2. The zero-order chi connectivity index (χ0) is 18.2. The van der Waals surface area contributed by atoms with Crippen LogP contribution < -0.4 is 10.1 Å². The third kappa shape index (κ3) is 6.54. The van der Waals surface area contributed by atoms with Gasteiger partial charge in [0.25, 0.3) is 5.91 Å². The number of hydrogen-bond acceptors (Lipinski definition) is 5. The summed E-state index contributed by atoms with van der Waals surface area (Å²) in [5.41, 5.74) is 1.19. The zero-order valence-corrected chi connectivity index (χ0v) is 15.6. The fourth-order valence-electron chi connectivity index (χ4n) is 1.85. The Morgan fingerprint density at radius 3 is 2.20 bits per heavy atom. The first-order chi connectivity index (χ1) is 11.9. The highest BCUT2D eigenvalue weighted by Gasteiger charge is 2.09. The maximum absolute atomic E-state index is 11.7. The van der Waals surface area contributed by atoms with Crippen molar-refractivity contribution in [1.82, 2.24) is 0 Å². The predicted octanol–water partition coefficient (Wildman–Crippen LogP) is 3.05. The van der Waals surface area contributed by atoms with Gasteiger partial charge in [-0.1, -0.05) is 0 Å². The van der Waals surface area contributed by atoms with Crippen molar-refractivity contribution in [3.63, 3.8) is 0 Å². The van der Waals surface area contributed by atoms with Crippen LogP contribution in [0.4, 0.5) is 5.69 Å². The van der Waals surface area contributed by atoms with Crippen LogP contribution in [-0.4, -0.2) is 30.9 Å². The Morgan fingerprint density at radius 2 is 1.60 bits per heavy atom. The number of hydrogen-bond donors (Lipinski definition) is 1. The van der Waals surface area contributed by atoms with Gasteiger partial charge >= 0.3 is 5.97 Å². The number of halogens is 1. The highest BCUT2D eigenvalue weighted by Crippen LogP contribution is 2.13. The van der Waals surface area contributed by atoms with Crippen LogP contribution in [0.25, 0.3) is 0 Å². The second-order valence-electron chi connectivity index (χ2n) is 5.08. The first kappa shape index (κ1) is 18.9. The molecule has 0 bridgehead atoms. The van der Waals surface area contributed by atoms with Gasteiger partial charge in [-0.2, -0.15) is 0 Å². The third-order valence-electron chi connectivity index (χ3n) is 3.11. The summed E-state index contributed by atoms with van der Waals surface area (Å²) in [6.07, 6.45) is 0. The summed E-state index contributed by atoms with van der Waals surface area (Å²) in [7, 11) is 0. The highest BCUT2D eigenvalue weighted by molar-refractivity contribution is 14.1. The van der Waals surface area contributed by atoms with Crippen LogP contribution in [0, 0.1) is 3.57 Å². The molecule has 0 heterocycles. The molecule has 0 spiro atoms. The van der Waals surface area contributed by atoms with E-state index in [1.165, 1.54) is 6.92 Å². The van der Waals surface area contributed by atoms with E-state index in [1.807, 2.05) is 12.1 Å². The Hall–Kier alpha value is -2.42. The number of benzene rings is 2. The molecular weight excluding hydrogens is 437 g/mol. The minimum absolute atomic E-state index is 0.0508. The van der Waals surface area contributed by atoms with Crippen molar-refractivity contribution in [2.75, 3.05) is 18.5 Å². The Kier molecular flexibility index (Phi) is 6.93. The second kappa shape index (κ2) is 9.16. The van der Waals surface area contributed by atoms with E-state index in [0.29, 0.717) is 17.0 Å². The van der Waals surface area contributed by atoms with Gasteiger partial charge in [0.2, 0.25) is 0 Å². The summed E-state index contributed by atoms with van der Waals surface area (Å²) in [6, 6.07) is 13.6. The van der Waals surface area contributed by atoms with Gasteiger partial charge in [0, 0.05) is 14.8 Å². The predicted molar refractivity (Wildman–Crippen MR) is 101 cm³/mol. The molecule has 0 saturated carbocycles. The molecule has 1 N–H and O–H groups in total.